The number of anilines is 1. The minimum absolute atomic E-state index is 0.0973. The zero-order valence-electron chi connectivity index (χ0n) is 12.1. The average Bonchev–Trinajstić information content (AvgIpc) is 2.36. The van der Waals surface area contributed by atoms with Crippen molar-refractivity contribution >= 4 is 11.6 Å². The Kier molecular flexibility index (Phi) is 6.02. The molecule has 0 aromatic heterocycles. The Bertz CT molecular complexity index is 487. The van der Waals surface area contributed by atoms with E-state index in [0.717, 1.165) is 6.07 Å². The van der Waals surface area contributed by atoms with Gasteiger partial charge in [0.15, 0.2) is 0 Å². The highest BCUT2D eigenvalue weighted by Gasteiger charge is 2.34. The lowest BCUT2D eigenvalue weighted by Gasteiger charge is -2.17. The van der Waals surface area contributed by atoms with Gasteiger partial charge in [-0.2, -0.15) is 13.2 Å². The molecule has 7 heteroatoms. The second kappa shape index (κ2) is 7.31. The average molecular weight is 305 g/mol. The van der Waals surface area contributed by atoms with E-state index in [9.17, 15) is 18.0 Å². The number of hydrogen-bond acceptors (Lipinski definition) is 3. The first kappa shape index (κ1) is 17.3. The Morgan fingerprint density at radius 1 is 1.33 bits per heavy atom. The molecule has 0 saturated carbocycles. The van der Waals surface area contributed by atoms with Crippen LogP contribution in [0.25, 0.3) is 0 Å². The van der Waals surface area contributed by atoms with Crippen molar-refractivity contribution < 1.29 is 27.4 Å². The summed E-state index contributed by atoms with van der Waals surface area (Å²) >= 11 is 0. The van der Waals surface area contributed by atoms with E-state index in [1.54, 1.807) is 20.8 Å². The summed E-state index contributed by atoms with van der Waals surface area (Å²) in [6, 6.07) is 3.42. The third kappa shape index (κ3) is 5.63. The van der Waals surface area contributed by atoms with Gasteiger partial charge < -0.3 is 14.8 Å². The van der Waals surface area contributed by atoms with Crippen molar-refractivity contribution in [1.82, 2.24) is 0 Å². The molecule has 0 aliphatic carbocycles. The molecule has 0 aliphatic heterocycles. The molecule has 0 radical (unpaired) electrons. The van der Waals surface area contributed by atoms with Crippen LogP contribution in [0, 0.1) is 0 Å². The highest BCUT2D eigenvalue weighted by molar-refractivity contribution is 5.92. The van der Waals surface area contributed by atoms with Crippen LogP contribution in [0.2, 0.25) is 0 Å². The number of amides is 1. The Morgan fingerprint density at radius 2 is 2.00 bits per heavy atom. The van der Waals surface area contributed by atoms with Crippen molar-refractivity contribution in [2.75, 3.05) is 18.5 Å². The van der Waals surface area contributed by atoms with Crippen LogP contribution in [0.5, 0.6) is 5.75 Å². The summed E-state index contributed by atoms with van der Waals surface area (Å²) in [6.45, 7) is 5.13. The van der Waals surface area contributed by atoms with Crippen LogP contribution >= 0.6 is 0 Å². The number of ether oxygens (including phenoxy) is 2. The van der Waals surface area contributed by atoms with Crippen LogP contribution in [0.1, 0.15) is 26.3 Å². The zero-order valence-corrected chi connectivity index (χ0v) is 12.1. The minimum Gasteiger partial charge on any atom is -0.491 e. The zero-order chi connectivity index (χ0) is 16.0. The lowest BCUT2D eigenvalue weighted by molar-refractivity contribution is -0.137. The molecule has 0 saturated heterocycles. The van der Waals surface area contributed by atoms with Gasteiger partial charge >= 0.3 is 6.18 Å². The van der Waals surface area contributed by atoms with Gasteiger partial charge in [-0.25, -0.2) is 0 Å². The van der Waals surface area contributed by atoms with Gasteiger partial charge in [-0.05, 0) is 39.0 Å². The number of rotatable bonds is 6. The monoisotopic (exact) mass is 305 g/mol. The highest BCUT2D eigenvalue weighted by Crippen LogP contribution is 2.37. The standard InChI is InChI=1S/C14H18F3NO3/c1-4-20-8-13(19)18-12-6-5-10(21-9(2)3)7-11(12)14(15,16)17/h5-7,9H,4,8H2,1-3H3,(H,18,19). The third-order valence-corrected chi connectivity index (χ3v) is 2.38. The van der Waals surface area contributed by atoms with E-state index in [-0.39, 0.29) is 24.1 Å². The Morgan fingerprint density at radius 3 is 2.52 bits per heavy atom. The fourth-order valence-corrected chi connectivity index (χ4v) is 1.59. The number of nitrogens with one attached hydrogen (secondary N) is 1. The van der Waals surface area contributed by atoms with Crippen molar-refractivity contribution in [2.24, 2.45) is 0 Å². The van der Waals surface area contributed by atoms with E-state index in [0.29, 0.717) is 6.61 Å². The van der Waals surface area contributed by atoms with Gasteiger partial charge in [-0.3, -0.25) is 4.79 Å². The summed E-state index contributed by atoms with van der Waals surface area (Å²) in [5.74, 6) is -0.542. The van der Waals surface area contributed by atoms with Gasteiger partial charge in [0.05, 0.1) is 17.4 Å². The molecule has 21 heavy (non-hydrogen) atoms. The molecular formula is C14H18F3NO3. The van der Waals surface area contributed by atoms with Gasteiger partial charge in [-0.15, -0.1) is 0 Å². The van der Waals surface area contributed by atoms with Gasteiger partial charge in [-0.1, -0.05) is 0 Å². The van der Waals surface area contributed by atoms with Gasteiger partial charge in [0, 0.05) is 6.61 Å². The maximum absolute atomic E-state index is 13.0. The van der Waals surface area contributed by atoms with Crippen LogP contribution < -0.4 is 10.1 Å². The Labute approximate surface area is 121 Å². The van der Waals surface area contributed by atoms with Crippen molar-refractivity contribution in [3.05, 3.63) is 23.8 Å². The Balaban J connectivity index is 3.00. The van der Waals surface area contributed by atoms with E-state index < -0.39 is 17.6 Å². The van der Waals surface area contributed by atoms with Crippen LogP contribution in [-0.4, -0.2) is 25.2 Å². The molecule has 0 aliphatic rings. The molecule has 1 amide bonds. The van der Waals surface area contributed by atoms with E-state index in [4.69, 9.17) is 9.47 Å². The largest absolute Gasteiger partial charge is 0.491 e. The number of halogens is 3. The molecule has 0 fully saturated rings. The Hall–Kier alpha value is -1.76. The van der Waals surface area contributed by atoms with E-state index in [1.807, 2.05) is 0 Å². The maximum atomic E-state index is 13.0. The molecule has 1 aromatic rings. The molecule has 0 spiro atoms. The highest BCUT2D eigenvalue weighted by atomic mass is 19.4. The van der Waals surface area contributed by atoms with Crippen LogP contribution in [0.4, 0.5) is 18.9 Å². The van der Waals surface area contributed by atoms with Crippen LogP contribution in [-0.2, 0) is 15.7 Å². The molecule has 0 atom stereocenters. The summed E-state index contributed by atoms with van der Waals surface area (Å²) < 4.78 is 49.2. The quantitative estimate of drug-likeness (QED) is 0.875. The van der Waals surface area contributed by atoms with Gasteiger partial charge in [0.2, 0.25) is 5.91 Å². The summed E-state index contributed by atoms with van der Waals surface area (Å²) in [5.41, 5.74) is -1.27. The summed E-state index contributed by atoms with van der Waals surface area (Å²) in [5, 5.41) is 2.19. The van der Waals surface area contributed by atoms with Crippen molar-refractivity contribution in [1.29, 1.82) is 0 Å². The fraction of sp³-hybridized carbons (Fsp3) is 0.500. The molecule has 0 bridgehead atoms. The topological polar surface area (TPSA) is 47.6 Å². The first-order valence-corrected chi connectivity index (χ1v) is 6.49. The second-order valence-electron chi connectivity index (χ2n) is 4.56. The van der Waals surface area contributed by atoms with Crippen molar-refractivity contribution in [3.63, 3.8) is 0 Å². The molecule has 4 nitrogen and oxygen atoms in total. The predicted octanol–water partition coefficient (Wildman–Crippen LogP) is 3.47. The number of hydrogen-bond donors (Lipinski definition) is 1. The molecule has 1 N–H and O–H groups in total. The lowest BCUT2D eigenvalue weighted by atomic mass is 10.1. The van der Waals surface area contributed by atoms with Crippen molar-refractivity contribution in [3.8, 4) is 5.75 Å². The molecule has 118 valence electrons. The number of carbonyl (C=O) groups excluding carboxylic acids is 1. The lowest BCUT2D eigenvalue weighted by Crippen LogP contribution is -2.21. The van der Waals surface area contributed by atoms with E-state index in [1.165, 1.54) is 12.1 Å². The van der Waals surface area contributed by atoms with Gasteiger partial charge in [0.1, 0.15) is 12.4 Å². The first-order valence-electron chi connectivity index (χ1n) is 6.49. The second-order valence-corrected chi connectivity index (χ2v) is 4.56. The minimum atomic E-state index is -4.59. The molecule has 0 heterocycles. The number of alkyl halides is 3. The smallest absolute Gasteiger partial charge is 0.418 e. The molecule has 0 unspecified atom stereocenters. The van der Waals surface area contributed by atoms with Crippen LogP contribution in [0.3, 0.4) is 0 Å². The maximum Gasteiger partial charge on any atom is 0.418 e. The van der Waals surface area contributed by atoms with Crippen LogP contribution in [0.15, 0.2) is 18.2 Å². The summed E-state index contributed by atoms with van der Waals surface area (Å²) in [4.78, 5) is 11.5. The SMILES string of the molecule is CCOCC(=O)Nc1ccc(OC(C)C)cc1C(F)(F)F. The normalized spacial score (nSPS) is 11.6. The number of carbonyl (C=O) groups is 1. The molecule has 1 rings (SSSR count). The predicted molar refractivity (Wildman–Crippen MR) is 72.3 cm³/mol. The first-order chi connectivity index (χ1) is 9.74. The van der Waals surface area contributed by atoms with E-state index >= 15 is 0 Å². The van der Waals surface area contributed by atoms with E-state index in [2.05, 4.69) is 5.32 Å². The fourth-order valence-electron chi connectivity index (χ4n) is 1.59. The number of benzene rings is 1. The third-order valence-electron chi connectivity index (χ3n) is 2.38. The summed E-state index contributed by atoms with van der Waals surface area (Å²) in [7, 11) is 0. The molecular weight excluding hydrogens is 287 g/mol. The summed E-state index contributed by atoms with van der Waals surface area (Å²) in [6.07, 6.45) is -4.84. The van der Waals surface area contributed by atoms with Gasteiger partial charge in [0.25, 0.3) is 0 Å². The molecule has 1 aromatic carbocycles. The van der Waals surface area contributed by atoms with Crippen molar-refractivity contribution in [2.45, 2.75) is 33.1 Å².